The lowest BCUT2D eigenvalue weighted by molar-refractivity contribution is 0.219. The van der Waals surface area contributed by atoms with Gasteiger partial charge in [0, 0.05) is 6.04 Å². The molecule has 2 saturated heterocycles. The van der Waals surface area contributed by atoms with E-state index in [0.717, 1.165) is 13.0 Å². The van der Waals surface area contributed by atoms with Gasteiger partial charge in [-0.15, -0.1) is 0 Å². The molecule has 0 bridgehead atoms. The zero-order chi connectivity index (χ0) is 15.6. The van der Waals surface area contributed by atoms with Gasteiger partial charge in [-0.1, -0.05) is 12.5 Å². The molecule has 122 valence electrons. The molecule has 0 radical (unpaired) electrons. The van der Waals surface area contributed by atoms with Crippen LogP contribution in [0.15, 0.2) is 18.2 Å². The molecule has 2 aliphatic rings. The third-order valence-electron chi connectivity index (χ3n) is 4.30. The number of piperidine rings is 1. The van der Waals surface area contributed by atoms with Crippen LogP contribution in [0.4, 0.5) is 0 Å². The Labute approximate surface area is 131 Å². The van der Waals surface area contributed by atoms with Crippen LogP contribution in [0.3, 0.4) is 0 Å². The van der Waals surface area contributed by atoms with Crippen LogP contribution in [-0.2, 0) is 16.3 Å². The zero-order valence-electron chi connectivity index (χ0n) is 12.9. The first-order valence-corrected chi connectivity index (χ1v) is 9.65. The average Bonchev–Trinajstić information content (AvgIpc) is 2.48. The van der Waals surface area contributed by atoms with Crippen LogP contribution in [0, 0.1) is 0 Å². The molecule has 1 atom stereocenters. The van der Waals surface area contributed by atoms with Crippen molar-refractivity contribution in [1.29, 1.82) is 0 Å². The lowest BCUT2D eigenvalue weighted by Gasteiger charge is -2.27. The number of rotatable bonds is 5. The molecule has 1 N–H and O–H groups in total. The molecule has 2 aliphatic heterocycles. The summed E-state index contributed by atoms with van der Waals surface area (Å²) in [5.41, 5.74) is 1.21. The fourth-order valence-electron chi connectivity index (χ4n) is 3.08. The van der Waals surface area contributed by atoms with E-state index in [0.29, 0.717) is 17.5 Å². The Balaban J connectivity index is 1.65. The van der Waals surface area contributed by atoms with E-state index < -0.39 is 9.84 Å². The first-order valence-electron chi connectivity index (χ1n) is 7.83. The summed E-state index contributed by atoms with van der Waals surface area (Å²) >= 11 is 0. The summed E-state index contributed by atoms with van der Waals surface area (Å²) in [6.45, 7) is 1.10. The molecule has 22 heavy (non-hydrogen) atoms. The van der Waals surface area contributed by atoms with Gasteiger partial charge in [-0.05, 0) is 43.5 Å². The summed E-state index contributed by atoms with van der Waals surface area (Å²) in [5, 5.41) is 3.54. The molecule has 0 spiro atoms. The van der Waals surface area contributed by atoms with Gasteiger partial charge in [-0.25, -0.2) is 8.42 Å². The highest BCUT2D eigenvalue weighted by Crippen LogP contribution is 2.31. The van der Waals surface area contributed by atoms with E-state index in [9.17, 15) is 8.42 Å². The standard InChI is InChI=1S/C16H23NO4S/c1-20-16-9-12(8-13-4-2-3-7-17-13)5-6-15(16)21-14-10-22(18,19)11-14/h5-6,9,13-14,17H,2-4,7-8,10-11H2,1H3. The Morgan fingerprint density at radius 3 is 2.68 bits per heavy atom. The van der Waals surface area contributed by atoms with Crippen LogP contribution in [-0.4, -0.2) is 45.7 Å². The number of methoxy groups -OCH3 is 1. The third kappa shape index (κ3) is 3.73. The van der Waals surface area contributed by atoms with Gasteiger partial charge in [0.15, 0.2) is 21.3 Å². The minimum Gasteiger partial charge on any atom is -0.493 e. The predicted molar refractivity (Wildman–Crippen MR) is 85.4 cm³/mol. The summed E-state index contributed by atoms with van der Waals surface area (Å²) in [4.78, 5) is 0. The van der Waals surface area contributed by atoms with Gasteiger partial charge in [-0.2, -0.15) is 0 Å². The smallest absolute Gasteiger partial charge is 0.161 e. The van der Waals surface area contributed by atoms with Crippen molar-refractivity contribution in [2.45, 2.75) is 37.8 Å². The lowest BCUT2D eigenvalue weighted by atomic mass is 9.97. The normalized spacial score (nSPS) is 24.5. The highest BCUT2D eigenvalue weighted by molar-refractivity contribution is 7.92. The highest BCUT2D eigenvalue weighted by atomic mass is 32.2. The van der Waals surface area contributed by atoms with Crippen LogP contribution >= 0.6 is 0 Å². The van der Waals surface area contributed by atoms with Gasteiger partial charge in [0.1, 0.15) is 6.10 Å². The summed E-state index contributed by atoms with van der Waals surface area (Å²) in [7, 11) is -1.26. The number of benzene rings is 1. The first kappa shape index (κ1) is 15.6. The molecule has 2 fully saturated rings. The second-order valence-corrected chi connectivity index (χ2v) is 8.31. The van der Waals surface area contributed by atoms with Crippen molar-refractivity contribution in [2.24, 2.45) is 0 Å². The van der Waals surface area contributed by atoms with Crippen LogP contribution in [0.25, 0.3) is 0 Å². The topological polar surface area (TPSA) is 64.6 Å². The van der Waals surface area contributed by atoms with Crippen LogP contribution < -0.4 is 14.8 Å². The van der Waals surface area contributed by atoms with E-state index in [4.69, 9.17) is 9.47 Å². The van der Waals surface area contributed by atoms with E-state index in [1.165, 1.54) is 24.8 Å². The van der Waals surface area contributed by atoms with E-state index in [2.05, 4.69) is 5.32 Å². The number of nitrogens with one attached hydrogen (secondary N) is 1. The first-order chi connectivity index (χ1) is 10.6. The number of ether oxygens (including phenoxy) is 2. The molecule has 3 rings (SSSR count). The fraction of sp³-hybridized carbons (Fsp3) is 0.625. The molecule has 0 aromatic heterocycles. The predicted octanol–water partition coefficient (Wildman–Crippen LogP) is 1.56. The third-order valence-corrected chi connectivity index (χ3v) is 6.06. The molecular weight excluding hydrogens is 302 g/mol. The number of hydrogen-bond acceptors (Lipinski definition) is 5. The molecule has 0 saturated carbocycles. The summed E-state index contributed by atoms with van der Waals surface area (Å²) in [6, 6.07) is 6.46. The maximum atomic E-state index is 11.2. The second kappa shape index (κ2) is 6.46. The summed E-state index contributed by atoms with van der Waals surface area (Å²) < 4.78 is 33.5. The van der Waals surface area contributed by atoms with Crippen LogP contribution in [0.5, 0.6) is 11.5 Å². The Hall–Kier alpha value is -1.27. The van der Waals surface area contributed by atoms with Crippen molar-refractivity contribution in [3.05, 3.63) is 23.8 Å². The van der Waals surface area contributed by atoms with Gasteiger partial charge in [0.2, 0.25) is 0 Å². The van der Waals surface area contributed by atoms with Gasteiger partial charge in [-0.3, -0.25) is 0 Å². The van der Waals surface area contributed by atoms with Crippen molar-refractivity contribution in [2.75, 3.05) is 25.2 Å². The molecule has 0 amide bonds. The van der Waals surface area contributed by atoms with Crippen LogP contribution in [0.2, 0.25) is 0 Å². The average molecular weight is 325 g/mol. The van der Waals surface area contributed by atoms with E-state index >= 15 is 0 Å². The maximum Gasteiger partial charge on any atom is 0.161 e. The molecule has 1 aromatic rings. The molecule has 1 aromatic carbocycles. The van der Waals surface area contributed by atoms with E-state index in [1.807, 2.05) is 18.2 Å². The van der Waals surface area contributed by atoms with Crippen molar-refractivity contribution in [1.82, 2.24) is 5.32 Å². The molecule has 1 unspecified atom stereocenters. The maximum absolute atomic E-state index is 11.2. The van der Waals surface area contributed by atoms with Gasteiger partial charge < -0.3 is 14.8 Å². The SMILES string of the molecule is COc1cc(CC2CCCCN2)ccc1OC1CS(=O)(=O)C1. The Morgan fingerprint density at radius 2 is 2.05 bits per heavy atom. The quantitative estimate of drug-likeness (QED) is 0.890. The Bertz CT molecular complexity index is 611. The Morgan fingerprint density at radius 1 is 1.23 bits per heavy atom. The number of sulfone groups is 1. The molecule has 2 heterocycles. The second-order valence-electron chi connectivity index (χ2n) is 6.15. The van der Waals surface area contributed by atoms with Crippen molar-refractivity contribution < 1.29 is 17.9 Å². The van der Waals surface area contributed by atoms with Gasteiger partial charge >= 0.3 is 0 Å². The minimum absolute atomic E-state index is 0.101. The van der Waals surface area contributed by atoms with Crippen molar-refractivity contribution in [3.63, 3.8) is 0 Å². The van der Waals surface area contributed by atoms with E-state index in [-0.39, 0.29) is 17.6 Å². The summed E-state index contributed by atoms with van der Waals surface area (Å²) in [6.07, 6.45) is 4.49. The Kier molecular flexibility index (Phi) is 4.59. The molecular formula is C16H23NO4S. The molecule has 5 nitrogen and oxygen atoms in total. The molecule has 0 aliphatic carbocycles. The van der Waals surface area contributed by atoms with E-state index in [1.54, 1.807) is 7.11 Å². The summed E-state index contributed by atoms with van der Waals surface area (Å²) in [5.74, 6) is 1.51. The monoisotopic (exact) mass is 325 g/mol. The zero-order valence-corrected chi connectivity index (χ0v) is 13.7. The van der Waals surface area contributed by atoms with Crippen molar-refractivity contribution >= 4 is 9.84 Å². The van der Waals surface area contributed by atoms with Crippen LogP contribution in [0.1, 0.15) is 24.8 Å². The van der Waals surface area contributed by atoms with Gasteiger partial charge in [0.25, 0.3) is 0 Å². The largest absolute Gasteiger partial charge is 0.493 e. The van der Waals surface area contributed by atoms with Crippen molar-refractivity contribution in [3.8, 4) is 11.5 Å². The highest BCUT2D eigenvalue weighted by Gasteiger charge is 2.35. The molecule has 6 heteroatoms. The fourth-order valence-corrected chi connectivity index (χ4v) is 4.26. The minimum atomic E-state index is -2.87. The van der Waals surface area contributed by atoms with Gasteiger partial charge in [0.05, 0.1) is 18.6 Å². The lowest BCUT2D eigenvalue weighted by Crippen LogP contribution is -2.45. The number of hydrogen-bond donors (Lipinski definition) is 1.